The number of hydrogen-bond donors (Lipinski definition) is 0. The van der Waals surface area contributed by atoms with Gasteiger partial charge in [-0.1, -0.05) is 0 Å². The Kier molecular flexibility index (Phi) is 10.3. The van der Waals surface area contributed by atoms with Crippen molar-refractivity contribution in [2.45, 2.75) is 13.8 Å². The molecule has 0 saturated carbocycles. The molecule has 0 bridgehead atoms. The molecule has 1 rings (SSSR count). The van der Waals surface area contributed by atoms with Crippen LogP contribution in [-0.4, -0.2) is 43.5 Å². The Labute approximate surface area is 140 Å². The van der Waals surface area contributed by atoms with Crippen LogP contribution in [-0.2, 0) is 25.6 Å². The van der Waals surface area contributed by atoms with Gasteiger partial charge in [-0.3, -0.25) is 24.0 Å². The van der Waals surface area contributed by atoms with Gasteiger partial charge in [0.1, 0.15) is 5.75 Å². The van der Waals surface area contributed by atoms with E-state index in [0.717, 1.165) is 6.41 Å². The van der Waals surface area contributed by atoms with E-state index in [-0.39, 0.29) is 5.69 Å². The molecule has 1 aromatic carbocycles. The predicted molar refractivity (Wildman–Crippen MR) is 91.0 cm³/mol. The summed E-state index contributed by atoms with van der Waals surface area (Å²) < 4.78 is 16.1. The van der Waals surface area contributed by atoms with Crippen molar-refractivity contribution in [2.75, 3.05) is 27.3 Å². The van der Waals surface area contributed by atoms with Gasteiger partial charge in [-0.25, -0.2) is 0 Å². The van der Waals surface area contributed by atoms with Crippen LogP contribution in [0, 0.1) is 10.1 Å². The molecule has 0 aliphatic carbocycles. The maximum absolute atomic E-state index is 10.5. The Morgan fingerprint density at radius 2 is 1.65 bits per heavy atom. The number of benzene rings is 1. The van der Waals surface area contributed by atoms with Gasteiger partial charge in [-0.05, 0) is 26.0 Å². The van der Waals surface area contributed by atoms with Gasteiger partial charge in [0, 0.05) is 38.0 Å². The van der Waals surface area contributed by atoms with Crippen LogP contribution >= 0.6 is 6.72 Å². The first-order chi connectivity index (χ1) is 10.8. The predicted octanol–water partition coefficient (Wildman–Crippen LogP) is 2.98. The lowest BCUT2D eigenvalue weighted by Crippen LogP contribution is -2.06. The second kappa shape index (κ2) is 11.1. The SMILES string of the molecule is CCOP(=S)(OCC)Oc1ccc([N+](=O)[O-])cc1.CN(C)C=O. The van der Waals surface area contributed by atoms with Crippen LogP contribution in [0.2, 0.25) is 0 Å². The van der Waals surface area contributed by atoms with Gasteiger partial charge < -0.3 is 9.42 Å². The number of nitro groups is 1. The van der Waals surface area contributed by atoms with Crippen LogP contribution in [0.3, 0.4) is 0 Å². The average molecular weight is 364 g/mol. The number of hydrogen-bond acceptors (Lipinski definition) is 7. The van der Waals surface area contributed by atoms with Gasteiger partial charge in [0.25, 0.3) is 5.69 Å². The molecular formula is C13H21N2O6PS. The minimum Gasteiger partial charge on any atom is -0.424 e. The number of nitro benzene ring substituents is 1. The molecule has 130 valence electrons. The quantitative estimate of drug-likeness (QED) is 0.303. The highest BCUT2D eigenvalue weighted by molar-refractivity contribution is 8.07. The van der Waals surface area contributed by atoms with Crippen LogP contribution in [0.25, 0.3) is 0 Å². The van der Waals surface area contributed by atoms with Crippen LogP contribution in [0.5, 0.6) is 5.75 Å². The lowest BCUT2D eigenvalue weighted by molar-refractivity contribution is -0.384. The monoisotopic (exact) mass is 364 g/mol. The van der Waals surface area contributed by atoms with Gasteiger partial charge in [-0.15, -0.1) is 0 Å². The summed E-state index contributed by atoms with van der Waals surface area (Å²) in [6.07, 6.45) is 0.750. The Morgan fingerprint density at radius 3 is 1.96 bits per heavy atom. The first kappa shape index (κ1) is 21.5. The maximum Gasteiger partial charge on any atom is 0.380 e. The summed E-state index contributed by atoms with van der Waals surface area (Å²) in [6.45, 7) is 1.52. The van der Waals surface area contributed by atoms with Crippen molar-refractivity contribution in [1.82, 2.24) is 4.90 Å². The fourth-order valence-electron chi connectivity index (χ4n) is 1.16. The second-order valence-corrected chi connectivity index (χ2v) is 7.13. The van der Waals surface area contributed by atoms with Crippen molar-refractivity contribution in [3.05, 3.63) is 34.4 Å². The van der Waals surface area contributed by atoms with E-state index in [1.165, 1.54) is 29.2 Å². The molecule has 0 fully saturated rings. The van der Waals surface area contributed by atoms with Crippen molar-refractivity contribution >= 4 is 30.6 Å². The molecule has 0 heterocycles. The van der Waals surface area contributed by atoms with E-state index >= 15 is 0 Å². The molecule has 0 saturated heterocycles. The number of amides is 1. The van der Waals surface area contributed by atoms with Gasteiger partial charge in [0.2, 0.25) is 6.41 Å². The van der Waals surface area contributed by atoms with E-state index in [9.17, 15) is 14.9 Å². The number of carbonyl (C=O) groups excluding carboxylic acids is 1. The lowest BCUT2D eigenvalue weighted by atomic mass is 10.3. The van der Waals surface area contributed by atoms with Crippen molar-refractivity contribution in [3.63, 3.8) is 0 Å². The molecule has 0 aliphatic heterocycles. The van der Waals surface area contributed by atoms with Crippen molar-refractivity contribution in [3.8, 4) is 5.75 Å². The van der Waals surface area contributed by atoms with Crippen molar-refractivity contribution < 1.29 is 23.3 Å². The average Bonchev–Trinajstić information content (AvgIpc) is 2.48. The molecule has 0 N–H and O–H groups in total. The molecular weight excluding hydrogens is 343 g/mol. The Balaban J connectivity index is 0.000000841. The minimum absolute atomic E-state index is 0.0107. The molecule has 0 aromatic heterocycles. The number of carbonyl (C=O) groups is 1. The zero-order chi connectivity index (χ0) is 17.9. The van der Waals surface area contributed by atoms with E-state index in [2.05, 4.69) is 0 Å². The van der Waals surface area contributed by atoms with Gasteiger partial charge in [-0.2, -0.15) is 0 Å². The van der Waals surface area contributed by atoms with Crippen molar-refractivity contribution in [2.24, 2.45) is 0 Å². The standard InChI is InChI=1S/C10H14NO5PS.C3H7NO/c1-3-14-17(18,15-4-2)16-10-7-5-9(6-8-10)11(12)13;1-4(2)3-5/h5-8H,3-4H2,1-2H3;3H,1-2H3. The first-order valence-electron chi connectivity index (χ1n) is 6.72. The molecule has 1 amide bonds. The van der Waals surface area contributed by atoms with E-state index in [0.29, 0.717) is 19.0 Å². The Bertz CT molecular complexity index is 528. The molecule has 0 spiro atoms. The van der Waals surface area contributed by atoms with Gasteiger partial charge in [0.05, 0.1) is 18.1 Å². The molecule has 10 heteroatoms. The highest BCUT2D eigenvalue weighted by Crippen LogP contribution is 2.49. The normalized spacial score (nSPS) is 10.3. The third kappa shape index (κ3) is 9.25. The summed E-state index contributed by atoms with van der Waals surface area (Å²) in [7, 11) is 3.38. The molecule has 0 radical (unpaired) electrons. The molecule has 0 aliphatic rings. The molecule has 23 heavy (non-hydrogen) atoms. The number of nitrogens with zero attached hydrogens (tertiary/aromatic N) is 2. The highest BCUT2D eigenvalue weighted by Gasteiger charge is 2.21. The summed E-state index contributed by atoms with van der Waals surface area (Å²) >= 11 is 5.18. The smallest absolute Gasteiger partial charge is 0.380 e. The van der Waals surface area contributed by atoms with Crippen molar-refractivity contribution in [1.29, 1.82) is 0 Å². The van der Waals surface area contributed by atoms with Crippen LogP contribution < -0.4 is 4.52 Å². The Morgan fingerprint density at radius 1 is 1.22 bits per heavy atom. The van der Waals surface area contributed by atoms with E-state index < -0.39 is 11.6 Å². The van der Waals surface area contributed by atoms with E-state index in [1.807, 2.05) is 0 Å². The molecule has 0 unspecified atom stereocenters. The summed E-state index contributed by atoms with van der Waals surface area (Å²) in [6, 6.07) is 5.62. The largest absolute Gasteiger partial charge is 0.424 e. The number of rotatable bonds is 8. The maximum atomic E-state index is 10.5. The zero-order valence-electron chi connectivity index (χ0n) is 13.5. The minimum atomic E-state index is -2.82. The van der Waals surface area contributed by atoms with Crippen LogP contribution in [0.15, 0.2) is 24.3 Å². The molecule has 1 aromatic rings. The third-order valence-corrected chi connectivity index (χ3v) is 4.49. The van der Waals surface area contributed by atoms with E-state index in [4.69, 9.17) is 25.4 Å². The van der Waals surface area contributed by atoms with Crippen LogP contribution in [0.4, 0.5) is 5.69 Å². The van der Waals surface area contributed by atoms with E-state index in [1.54, 1.807) is 27.9 Å². The summed E-state index contributed by atoms with van der Waals surface area (Å²) in [5.74, 6) is 0.394. The fraction of sp³-hybridized carbons (Fsp3) is 0.462. The van der Waals surface area contributed by atoms with Gasteiger partial charge in [0.15, 0.2) is 0 Å². The third-order valence-electron chi connectivity index (χ3n) is 2.05. The second-order valence-electron chi connectivity index (χ2n) is 4.19. The Hall–Kier alpha value is -1.54. The highest BCUT2D eigenvalue weighted by atomic mass is 32.5. The summed E-state index contributed by atoms with van der Waals surface area (Å²) in [5, 5.41) is 10.5. The molecule has 8 nitrogen and oxygen atoms in total. The topological polar surface area (TPSA) is 91.1 Å². The fourth-order valence-corrected chi connectivity index (χ4v) is 3.25. The summed E-state index contributed by atoms with van der Waals surface area (Å²) in [4.78, 5) is 20.9. The van der Waals surface area contributed by atoms with Gasteiger partial charge >= 0.3 is 6.72 Å². The lowest BCUT2D eigenvalue weighted by Gasteiger charge is -2.20. The van der Waals surface area contributed by atoms with Crippen LogP contribution in [0.1, 0.15) is 13.8 Å². The summed E-state index contributed by atoms with van der Waals surface area (Å²) in [5.41, 5.74) is -0.0107. The first-order valence-corrected chi connectivity index (χ1v) is 9.28. The zero-order valence-corrected chi connectivity index (χ0v) is 15.2. The number of non-ortho nitro benzene ring substituents is 1. The molecule has 0 atom stereocenters.